The summed E-state index contributed by atoms with van der Waals surface area (Å²) in [6, 6.07) is 3.81. The van der Waals surface area contributed by atoms with Crippen molar-refractivity contribution in [2.75, 3.05) is 29.5 Å². The zero-order valence-corrected chi connectivity index (χ0v) is 11.2. The minimum Gasteiger partial charge on any atom is -0.369 e. The fraction of sp³-hybridized carbons (Fsp3) is 0.500. The molecule has 0 atom stereocenters. The topological polar surface area (TPSA) is 37.4 Å². The van der Waals surface area contributed by atoms with Gasteiger partial charge < -0.3 is 4.90 Å². The van der Waals surface area contributed by atoms with Gasteiger partial charge in [-0.15, -0.1) is 0 Å². The molecular weight excluding hydrogens is 279 g/mol. The number of benzene rings is 1. The zero-order valence-electron chi connectivity index (χ0n) is 10.4. The fourth-order valence-corrected chi connectivity index (χ4v) is 3.28. The van der Waals surface area contributed by atoms with Crippen molar-refractivity contribution >= 4 is 15.5 Å². The van der Waals surface area contributed by atoms with Gasteiger partial charge in [0, 0.05) is 18.8 Å². The van der Waals surface area contributed by atoms with Crippen molar-refractivity contribution in [3.63, 3.8) is 0 Å². The van der Waals surface area contributed by atoms with Gasteiger partial charge in [0.2, 0.25) is 0 Å². The zero-order chi connectivity index (χ0) is 14.3. The molecule has 1 saturated heterocycles. The minimum atomic E-state index is -4.39. The van der Waals surface area contributed by atoms with Gasteiger partial charge >= 0.3 is 6.18 Å². The largest absolute Gasteiger partial charge is 0.416 e. The maximum absolute atomic E-state index is 12.7. The Morgan fingerprint density at radius 3 is 2.21 bits per heavy atom. The minimum absolute atomic E-state index is 0.0116. The van der Waals surface area contributed by atoms with Crippen LogP contribution < -0.4 is 4.90 Å². The summed E-state index contributed by atoms with van der Waals surface area (Å²) >= 11 is 0. The molecule has 0 aliphatic carbocycles. The van der Waals surface area contributed by atoms with Crippen LogP contribution in [0.3, 0.4) is 0 Å². The molecule has 1 heterocycles. The number of rotatable bonds is 1. The average Bonchev–Trinajstić information content (AvgIpc) is 2.26. The van der Waals surface area contributed by atoms with E-state index in [1.165, 1.54) is 0 Å². The number of anilines is 1. The summed E-state index contributed by atoms with van der Waals surface area (Å²) in [5.74, 6) is -0.0232. The van der Waals surface area contributed by atoms with E-state index in [4.69, 9.17) is 0 Å². The van der Waals surface area contributed by atoms with E-state index in [0.717, 1.165) is 12.1 Å². The highest BCUT2D eigenvalue weighted by atomic mass is 32.2. The summed E-state index contributed by atoms with van der Waals surface area (Å²) < 4.78 is 60.8. The smallest absolute Gasteiger partial charge is 0.369 e. The second-order valence-electron chi connectivity index (χ2n) is 4.69. The van der Waals surface area contributed by atoms with Crippen LogP contribution in [0.5, 0.6) is 0 Å². The third-order valence-electron chi connectivity index (χ3n) is 3.10. The first-order chi connectivity index (χ1) is 8.67. The van der Waals surface area contributed by atoms with E-state index >= 15 is 0 Å². The molecule has 0 saturated carbocycles. The summed E-state index contributed by atoms with van der Waals surface area (Å²) in [7, 11) is -3.04. The van der Waals surface area contributed by atoms with E-state index in [1.54, 1.807) is 17.9 Å². The lowest BCUT2D eigenvalue weighted by Gasteiger charge is -2.29. The first kappa shape index (κ1) is 14.2. The number of sulfone groups is 1. The molecule has 2 rings (SSSR count). The Balaban J connectivity index is 2.29. The van der Waals surface area contributed by atoms with Gasteiger partial charge in [-0.3, -0.25) is 0 Å². The van der Waals surface area contributed by atoms with Crippen LogP contribution in [0.25, 0.3) is 0 Å². The Morgan fingerprint density at radius 1 is 1.11 bits per heavy atom. The molecule has 0 aromatic heterocycles. The molecule has 0 bridgehead atoms. The molecule has 1 aromatic rings. The Morgan fingerprint density at radius 2 is 1.68 bits per heavy atom. The van der Waals surface area contributed by atoms with Crippen molar-refractivity contribution in [2.24, 2.45) is 0 Å². The summed E-state index contributed by atoms with van der Waals surface area (Å²) in [5.41, 5.74) is 0.247. The quantitative estimate of drug-likeness (QED) is 0.797. The van der Waals surface area contributed by atoms with Crippen LogP contribution in [0.4, 0.5) is 18.9 Å². The van der Waals surface area contributed by atoms with Crippen LogP contribution in [0.1, 0.15) is 11.1 Å². The molecule has 106 valence electrons. The molecule has 19 heavy (non-hydrogen) atoms. The molecular formula is C12H14F3NO2S. The molecule has 1 aliphatic rings. The predicted octanol–water partition coefficient (Wildman–Crippen LogP) is 2.25. The summed E-state index contributed by atoms with van der Waals surface area (Å²) in [5, 5.41) is 0. The molecule has 1 fully saturated rings. The summed E-state index contributed by atoms with van der Waals surface area (Å²) in [4.78, 5) is 1.68. The molecule has 7 heteroatoms. The highest BCUT2D eigenvalue weighted by Crippen LogP contribution is 2.33. The van der Waals surface area contributed by atoms with Crippen LogP contribution in [0, 0.1) is 6.92 Å². The van der Waals surface area contributed by atoms with Crippen LogP contribution in [0.15, 0.2) is 18.2 Å². The first-order valence-corrected chi connectivity index (χ1v) is 7.64. The molecule has 1 aromatic carbocycles. The highest BCUT2D eigenvalue weighted by Gasteiger charge is 2.32. The van der Waals surface area contributed by atoms with Gasteiger partial charge in [0.05, 0.1) is 17.1 Å². The second-order valence-corrected chi connectivity index (χ2v) is 7.00. The van der Waals surface area contributed by atoms with Crippen LogP contribution in [-0.4, -0.2) is 33.0 Å². The first-order valence-electron chi connectivity index (χ1n) is 5.82. The molecule has 0 N–H and O–H groups in total. The predicted molar refractivity (Wildman–Crippen MR) is 67.0 cm³/mol. The Hall–Kier alpha value is -1.24. The second kappa shape index (κ2) is 4.70. The number of nitrogens with zero attached hydrogens (tertiary/aromatic N) is 1. The Labute approximate surface area is 109 Å². The lowest BCUT2D eigenvalue weighted by Crippen LogP contribution is -2.40. The molecule has 0 radical (unpaired) electrons. The molecule has 1 aliphatic heterocycles. The molecule has 3 nitrogen and oxygen atoms in total. The van der Waals surface area contributed by atoms with Gasteiger partial charge in [-0.1, -0.05) is 0 Å². The SMILES string of the molecule is Cc1cc(N2CCS(=O)(=O)CC2)cc(C(F)(F)F)c1. The van der Waals surface area contributed by atoms with Crippen molar-refractivity contribution in [1.82, 2.24) is 0 Å². The van der Waals surface area contributed by atoms with E-state index in [0.29, 0.717) is 11.3 Å². The lowest BCUT2D eigenvalue weighted by atomic mass is 10.1. The maximum Gasteiger partial charge on any atom is 0.416 e. The average molecular weight is 293 g/mol. The van der Waals surface area contributed by atoms with E-state index < -0.39 is 21.6 Å². The van der Waals surface area contributed by atoms with E-state index in [2.05, 4.69) is 0 Å². The third kappa shape index (κ3) is 3.40. The molecule has 0 amide bonds. The van der Waals surface area contributed by atoms with Crippen LogP contribution in [-0.2, 0) is 16.0 Å². The maximum atomic E-state index is 12.7. The number of hydrogen-bond donors (Lipinski definition) is 0. The van der Waals surface area contributed by atoms with Gasteiger partial charge in [-0.25, -0.2) is 8.42 Å². The van der Waals surface area contributed by atoms with Gasteiger partial charge in [0.1, 0.15) is 0 Å². The molecule has 0 spiro atoms. The van der Waals surface area contributed by atoms with Crippen molar-refractivity contribution < 1.29 is 21.6 Å². The monoisotopic (exact) mass is 293 g/mol. The number of halogens is 3. The highest BCUT2D eigenvalue weighted by molar-refractivity contribution is 7.91. The van der Waals surface area contributed by atoms with Crippen LogP contribution >= 0.6 is 0 Å². The number of hydrogen-bond acceptors (Lipinski definition) is 3. The van der Waals surface area contributed by atoms with E-state index in [9.17, 15) is 21.6 Å². The van der Waals surface area contributed by atoms with Gasteiger partial charge in [-0.2, -0.15) is 13.2 Å². The normalized spacial score (nSPS) is 19.5. The van der Waals surface area contributed by atoms with Crippen molar-refractivity contribution in [2.45, 2.75) is 13.1 Å². The van der Waals surface area contributed by atoms with Crippen molar-refractivity contribution in [3.05, 3.63) is 29.3 Å². The Bertz CT molecular complexity index is 567. The Kier molecular flexibility index (Phi) is 3.51. The van der Waals surface area contributed by atoms with Gasteiger partial charge in [0.15, 0.2) is 9.84 Å². The fourth-order valence-electron chi connectivity index (χ4n) is 2.08. The summed E-state index contributed by atoms with van der Waals surface area (Å²) in [6.07, 6.45) is -4.39. The summed E-state index contributed by atoms with van der Waals surface area (Å²) in [6.45, 7) is 2.07. The van der Waals surface area contributed by atoms with Crippen molar-refractivity contribution in [3.8, 4) is 0 Å². The van der Waals surface area contributed by atoms with Gasteiger partial charge in [-0.05, 0) is 30.7 Å². The van der Waals surface area contributed by atoms with Crippen LogP contribution in [0.2, 0.25) is 0 Å². The standard InChI is InChI=1S/C12H14F3NO2S/c1-9-6-10(12(13,14)15)8-11(7-9)16-2-4-19(17,18)5-3-16/h6-8H,2-5H2,1H3. The molecule has 0 unspecified atom stereocenters. The third-order valence-corrected chi connectivity index (χ3v) is 4.71. The number of alkyl halides is 3. The lowest BCUT2D eigenvalue weighted by molar-refractivity contribution is -0.137. The van der Waals surface area contributed by atoms with Gasteiger partial charge in [0.25, 0.3) is 0 Å². The van der Waals surface area contributed by atoms with E-state index in [-0.39, 0.29) is 24.6 Å². The van der Waals surface area contributed by atoms with Crippen molar-refractivity contribution in [1.29, 1.82) is 0 Å². The number of aryl methyl sites for hydroxylation is 1. The van der Waals surface area contributed by atoms with E-state index in [1.807, 2.05) is 0 Å².